The van der Waals surface area contributed by atoms with E-state index >= 15 is 24.0 Å². The molecule has 9 heterocycles. The molecule has 21 N–H and O–H groups in total. The molecule has 7 aromatic rings. The summed E-state index contributed by atoms with van der Waals surface area (Å²) in [5.41, 5.74) is 3.31. The van der Waals surface area contributed by atoms with E-state index in [9.17, 15) is 69.9 Å². The maximum atomic E-state index is 16.4. The van der Waals surface area contributed by atoms with Gasteiger partial charge in [-0.15, -0.1) is 0 Å². The van der Waals surface area contributed by atoms with Crippen molar-refractivity contribution in [2.75, 3.05) is 65.0 Å². The standard InChI is InChI=1S/C85H96Cl4N14O27/c1-36(2)22-50(91-5)76(115)99-66-68(109)39-7-10-54(48(88)26-39)126-56-28-41-29-57(72(56)130-83-73(71(112)70(111)58(35-104)128-83)129-61-34-85(4,74(113)37(3)125-61)92-13-15-103-14-12-60(95-84(103)122)94-75(114)42-23-43(86)30-44(87)24-42)127-55-11-8-40(27-49(55)89)69(110)67-81(120)98-65(82(121)101-124-21-18-102-16-19-123-20-17-102)47-31-45(105)32-53(107)62(47)46-25-38(6-9-52(46)106)63(78(117)100-67)97-79(118)64(41)96-77(116)51(33-59(90)108)93-80(66)119/h6-12,14,23-32,36-37,50-51,58,61,63-71,73-74,83,91-92,104-107,109-113H,13,15-22,33-35H2,1-5H3,(H2,90,108)(H,93,119)(H,96,116)(H,97,118)(H,98,120)(H,99,115)(H,100,117)(H,101,121)(H,94,95,114,122)/t37-,50+,51?,58+,61-,63+,64?,65+,66+,67-,68+,69+,70+,71-,73+,74+,83-,85-/m0/s1. The van der Waals surface area contributed by atoms with Gasteiger partial charge >= 0.3 is 5.69 Å². The lowest BCUT2D eigenvalue weighted by Gasteiger charge is -2.48. The fourth-order valence-electron chi connectivity index (χ4n) is 15.8. The molecule has 11 bridgehead atoms. The van der Waals surface area contributed by atoms with E-state index in [1.807, 2.05) is 18.7 Å². The molecule has 130 heavy (non-hydrogen) atoms. The van der Waals surface area contributed by atoms with Gasteiger partial charge in [0, 0.05) is 83.7 Å². The summed E-state index contributed by atoms with van der Waals surface area (Å²) in [5, 5.41) is 131. The van der Waals surface area contributed by atoms with Gasteiger partial charge in [0.1, 0.15) is 101 Å². The van der Waals surface area contributed by atoms with Crippen molar-refractivity contribution in [1.82, 2.24) is 62.5 Å². The Bertz CT molecular complexity index is 5500. The number of rotatable bonds is 23. The molecule has 3 fully saturated rings. The number of nitrogens with zero attached hydrogens (tertiary/aromatic N) is 3. The number of anilines is 1. The monoisotopic (exact) mass is 1880 g/mol. The van der Waals surface area contributed by atoms with E-state index in [-0.39, 0.29) is 88.9 Å². The van der Waals surface area contributed by atoms with Gasteiger partial charge in [0.15, 0.2) is 23.9 Å². The number of phenolic OH excluding ortho intramolecular Hbond substituents is 3. The number of phenols is 3. The van der Waals surface area contributed by atoms with Crippen molar-refractivity contribution < 1.29 is 127 Å². The summed E-state index contributed by atoms with van der Waals surface area (Å²) in [6.45, 7) is 7.59. The Morgan fingerprint density at radius 2 is 1.35 bits per heavy atom. The summed E-state index contributed by atoms with van der Waals surface area (Å²) in [5.74, 6) is -16.3. The molecule has 8 aliphatic heterocycles. The van der Waals surface area contributed by atoms with Gasteiger partial charge in [-0.05, 0) is 140 Å². The average Bonchev–Trinajstić information content (AvgIpc) is 0.755. The second-order valence-corrected chi connectivity index (χ2v) is 34.1. The summed E-state index contributed by atoms with van der Waals surface area (Å²) in [4.78, 5) is 159. The number of benzene rings is 6. The first-order chi connectivity index (χ1) is 61.8. The number of ether oxygens (including phenoxy) is 7. The molecule has 41 nitrogen and oxygen atoms in total. The predicted octanol–water partition coefficient (Wildman–Crippen LogP) is 1.85. The molecular formula is C85H96Cl4N14O27. The molecule has 8 aliphatic rings. The van der Waals surface area contributed by atoms with Crippen LogP contribution in [0.2, 0.25) is 20.1 Å². The van der Waals surface area contributed by atoms with Crippen molar-refractivity contribution >= 4 is 105 Å². The van der Waals surface area contributed by atoms with E-state index in [0.717, 1.165) is 66.7 Å². The van der Waals surface area contributed by atoms with Gasteiger partial charge in [-0.3, -0.25) is 57.5 Å². The zero-order valence-electron chi connectivity index (χ0n) is 70.1. The van der Waals surface area contributed by atoms with E-state index in [0.29, 0.717) is 26.3 Å². The highest BCUT2D eigenvalue weighted by Crippen LogP contribution is 2.50. The van der Waals surface area contributed by atoms with Crippen LogP contribution in [0.5, 0.6) is 46.0 Å². The fraction of sp³-hybridized carbons (Fsp3) is 0.424. The summed E-state index contributed by atoms with van der Waals surface area (Å²) >= 11 is 26.6. The van der Waals surface area contributed by atoms with Crippen molar-refractivity contribution in [3.63, 3.8) is 0 Å². The lowest BCUT2D eigenvalue weighted by molar-refractivity contribution is -0.334. The average molecular weight is 1890 g/mol. The number of primary amides is 1. The molecule has 2 unspecified atom stereocenters. The second kappa shape index (κ2) is 41.5. The largest absolute Gasteiger partial charge is 0.508 e. The highest BCUT2D eigenvalue weighted by molar-refractivity contribution is 6.35. The van der Waals surface area contributed by atoms with Crippen molar-refractivity contribution in [1.29, 1.82) is 0 Å². The molecule has 3 saturated heterocycles. The van der Waals surface area contributed by atoms with Gasteiger partial charge < -0.3 is 133 Å². The lowest BCUT2D eigenvalue weighted by atomic mass is 9.85. The smallest absolute Gasteiger partial charge is 0.349 e. The number of nitrogens with one attached hydrogen (secondary N) is 10. The van der Waals surface area contributed by atoms with Crippen LogP contribution in [0, 0.1) is 5.92 Å². The van der Waals surface area contributed by atoms with Gasteiger partial charge in [-0.2, -0.15) is 4.98 Å². The third kappa shape index (κ3) is 22.2. The van der Waals surface area contributed by atoms with Crippen molar-refractivity contribution in [3.05, 3.63) is 173 Å². The summed E-state index contributed by atoms with van der Waals surface area (Å²) in [6.07, 6.45) is -18.3. The number of fused-ring (bicyclic) bond motifs is 15. The molecule has 18 atom stereocenters. The first kappa shape index (κ1) is 96.4. The third-order valence-electron chi connectivity index (χ3n) is 22.7. The zero-order valence-corrected chi connectivity index (χ0v) is 73.1. The topological polar surface area (TPSA) is 594 Å². The number of carbonyl (C=O) groups excluding carboxylic acids is 9. The number of aliphatic hydroxyl groups excluding tert-OH is 6. The Morgan fingerprint density at radius 1 is 0.700 bits per heavy atom. The first-order valence-electron chi connectivity index (χ1n) is 41.1. The Kier molecular flexibility index (Phi) is 30.8. The maximum Gasteiger partial charge on any atom is 0.349 e. The number of hydrogen-bond acceptors (Lipinski definition) is 31. The Balaban J connectivity index is 0.941. The lowest BCUT2D eigenvalue weighted by Crippen LogP contribution is -2.65. The molecule has 0 aliphatic carbocycles. The fourth-order valence-corrected chi connectivity index (χ4v) is 16.8. The van der Waals surface area contributed by atoms with Crippen LogP contribution in [0.15, 0.2) is 114 Å². The molecule has 0 radical (unpaired) electrons. The number of aromatic hydroxyl groups is 3. The number of amides is 9. The number of aliphatic hydroxyl groups is 6. The number of hydrogen-bond donors (Lipinski definition) is 20. The van der Waals surface area contributed by atoms with Gasteiger partial charge in [0.25, 0.3) is 11.8 Å². The summed E-state index contributed by atoms with van der Waals surface area (Å²) < 4.78 is 46.2. The van der Waals surface area contributed by atoms with Crippen LogP contribution in [-0.2, 0) is 68.7 Å². The van der Waals surface area contributed by atoms with Gasteiger partial charge in [0.2, 0.25) is 53.4 Å². The van der Waals surface area contributed by atoms with Crippen LogP contribution in [0.25, 0.3) is 11.1 Å². The summed E-state index contributed by atoms with van der Waals surface area (Å²) in [6, 6.07) is 5.11. The van der Waals surface area contributed by atoms with E-state index in [1.54, 1.807) is 6.92 Å². The minimum Gasteiger partial charge on any atom is -0.508 e. The van der Waals surface area contributed by atoms with Crippen LogP contribution in [0.1, 0.15) is 115 Å². The van der Waals surface area contributed by atoms with Crippen molar-refractivity contribution in [2.45, 2.75) is 163 Å². The molecule has 6 aromatic carbocycles. The number of halogens is 4. The normalized spacial score (nSPS) is 26.3. The molecule has 0 spiro atoms. The Morgan fingerprint density at radius 3 is 1.98 bits per heavy atom. The number of likely N-dealkylation sites (N-methyl/N-ethyl adjacent to an activating group) is 1. The van der Waals surface area contributed by atoms with Crippen molar-refractivity contribution in [3.8, 4) is 57.1 Å². The molecule has 45 heteroatoms. The van der Waals surface area contributed by atoms with E-state index in [1.165, 1.54) is 61.1 Å². The van der Waals surface area contributed by atoms with Gasteiger partial charge in [0.05, 0.1) is 61.1 Å². The SMILES string of the molecule is CN[C@H](CC(C)C)C(=O)N[C@H]1C(=O)NC(CC(N)=O)C(=O)NC2C(=O)N[C@H]3C(=O)N[C@H](C(=O)N[C@@H](C(=O)NOCCN4CCOCC4)c4cc(O)cc(O)c4-c4cc3ccc4O)[C@H](O)c3ccc(c(Cl)c3)Oc3cc2cc(c3O[C@@H]2O[C@H](CO)[C@@H](O)[C@H](O)[C@H]2O[C@H]2C[C@](C)(NCCn3ccc(NC(=O)c4cc(Cl)cc(Cl)c4)nc3=O)[C@H](O)[C@H](C)O2)Oc2ccc(cc2Cl)[C@H]1O. The van der Waals surface area contributed by atoms with E-state index in [4.69, 9.17) is 90.1 Å². The number of morpholine rings is 1. The minimum atomic E-state index is -2.40. The van der Waals surface area contributed by atoms with Crippen LogP contribution in [0.3, 0.4) is 0 Å². The molecule has 0 saturated carbocycles. The predicted molar refractivity (Wildman–Crippen MR) is 460 cm³/mol. The number of aromatic nitrogens is 2. The van der Waals surface area contributed by atoms with Gasteiger partial charge in [-0.25, -0.2) is 10.3 Å². The highest BCUT2D eigenvalue weighted by atomic mass is 35.5. The van der Waals surface area contributed by atoms with Crippen LogP contribution < -0.4 is 79.0 Å². The third-order valence-corrected chi connectivity index (χ3v) is 23.7. The van der Waals surface area contributed by atoms with Gasteiger partial charge in [-0.1, -0.05) is 78.5 Å². The molecule has 15 rings (SSSR count). The van der Waals surface area contributed by atoms with Crippen molar-refractivity contribution in [2.24, 2.45) is 11.7 Å². The molecule has 1 aromatic heterocycles. The Labute approximate surface area is 760 Å². The second-order valence-electron chi connectivity index (χ2n) is 32.4. The number of hydroxylamine groups is 1. The van der Waals surface area contributed by atoms with E-state index in [2.05, 4.69) is 58.3 Å². The molecule has 9 amide bonds. The molecular weight excluding hydrogens is 1790 g/mol. The number of nitrogens with two attached hydrogens (primary N) is 1. The Hall–Kier alpha value is -11.2. The van der Waals surface area contributed by atoms with Crippen LogP contribution in [-0.4, -0.2) is 252 Å². The van der Waals surface area contributed by atoms with Crippen LogP contribution in [0.4, 0.5) is 5.82 Å². The molecule has 696 valence electrons. The highest BCUT2D eigenvalue weighted by Gasteiger charge is 2.52. The summed E-state index contributed by atoms with van der Waals surface area (Å²) in [7, 11) is 1.47. The minimum absolute atomic E-state index is 0.0520. The van der Waals surface area contributed by atoms with E-state index < -0.39 is 254 Å². The zero-order chi connectivity index (χ0) is 93.6. The quantitative estimate of drug-likeness (QED) is 0.0321. The maximum absolute atomic E-state index is 16.4. The van der Waals surface area contributed by atoms with Crippen LogP contribution >= 0.6 is 46.4 Å². The number of carbonyl (C=O) groups is 9. The first-order valence-corrected chi connectivity index (χ1v) is 42.6.